The zero-order valence-electron chi connectivity index (χ0n) is 19.5. The molecule has 30 heavy (non-hydrogen) atoms. The van der Waals surface area contributed by atoms with Crippen LogP contribution in [0.5, 0.6) is 0 Å². The van der Waals surface area contributed by atoms with Crippen LogP contribution >= 0.6 is 0 Å². The monoisotopic (exact) mass is 418 g/mol. The van der Waals surface area contributed by atoms with Gasteiger partial charge in [0.15, 0.2) is 0 Å². The van der Waals surface area contributed by atoms with Crippen LogP contribution in [0.15, 0.2) is 0 Å². The molecule has 0 spiro atoms. The van der Waals surface area contributed by atoms with Gasteiger partial charge in [0.2, 0.25) is 0 Å². The van der Waals surface area contributed by atoms with Gasteiger partial charge in [0.05, 0.1) is 12.5 Å². The van der Waals surface area contributed by atoms with Crippen molar-refractivity contribution in [1.29, 1.82) is 0 Å². The highest BCUT2D eigenvalue weighted by Crippen LogP contribution is 2.14. The van der Waals surface area contributed by atoms with Crippen LogP contribution in [0, 0.1) is 36.0 Å². The van der Waals surface area contributed by atoms with E-state index >= 15 is 0 Å². The van der Waals surface area contributed by atoms with Crippen molar-refractivity contribution in [1.82, 2.24) is 0 Å². The molecule has 0 rings (SSSR count). The smallest absolute Gasteiger partial charge is 0.305 e. The van der Waals surface area contributed by atoms with Gasteiger partial charge in [-0.25, -0.2) is 0 Å². The zero-order chi connectivity index (χ0) is 22.5. The van der Waals surface area contributed by atoms with Crippen LogP contribution in [0.25, 0.3) is 0 Å². The van der Waals surface area contributed by atoms with Gasteiger partial charge in [0.1, 0.15) is 6.61 Å². The van der Waals surface area contributed by atoms with Crippen LogP contribution in [-0.4, -0.2) is 25.2 Å². The van der Waals surface area contributed by atoms with E-state index in [0.717, 1.165) is 57.8 Å². The Kier molecular flexibility index (Phi) is 19.0. The average molecular weight is 419 g/mol. The van der Waals surface area contributed by atoms with Crippen molar-refractivity contribution in [3.8, 4) is 24.2 Å². The lowest BCUT2D eigenvalue weighted by atomic mass is 10.0. The first-order valence-electron chi connectivity index (χ1n) is 11.8. The lowest BCUT2D eigenvalue weighted by Crippen LogP contribution is -2.13. The summed E-state index contributed by atoms with van der Waals surface area (Å²) in [6, 6.07) is 0. The molecule has 0 aliphatic rings. The molecule has 0 aliphatic carbocycles. The molecule has 4 heteroatoms. The second-order valence-electron chi connectivity index (χ2n) is 7.92. The second kappa shape index (κ2) is 20.3. The molecule has 0 aliphatic heterocycles. The molecule has 0 amide bonds. The van der Waals surface area contributed by atoms with Crippen LogP contribution in [0.1, 0.15) is 104 Å². The third-order valence-electron chi connectivity index (χ3n) is 5.32. The highest BCUT2D eigenvalue weighted by Gasteiger charge is 2.10. The molecule has 0 saturated heterocycles. The number of terminal acetylenes is 1. The zero-order valence-corrected chi connectivity index (χ0v) is 19.5. The normalized spacial score (nSPS) is 12.2. The van der Waals surface area contributed by atoms with E-state index in [0.29, 0.717) is 32.0 Å². The molecule has 2 atom stereocenters. The van der Waals surface area contributed by atoms with Crippen LogP contribution in [-0.2, 0) is 19.1 Å². The van der Waals surface area contributed by atoms with Crippen molar-refractivity contribution in [3.05, 3.63) is 0 Å². The minimum atomic E-state index is -0.164. The molecule has 2 unspecified atom stereocenters. The van der Waals surface area contributed by atoms with Gasteiger partial charge < -0.3 is 9.47 Å². The molecule has 0 aromatic heterocycles. The molecule has 0 N–H and O–H groups in total. The highest BCUT2D eigenvalue weighted by atomic mass is 16.5. The standard InChI is InChI=1S/C26H42O4/c1-5-9-17-23(7-3)21-29-25(27)19-15-13-11-12-14-16-20-26(28)30-22-24(8-4)18-10-6-2/h1,23-24H,6-8,10-16,18-22H2,2-4H3. The number of hydrogen-bond donors (Lipinski definition) is 0. The van der Waals surface area contributed by atoms with Gasteiger partial charge in [-0.2, -0.15) is 0 Å². The number of unbranched alkanes of at least 4 members (excludes halogenated alkanes) is 6. The summed E-state index contributed by atoms with van der Waals surface area (Å²) in [6.45, 7) is 7.23. The molecular weight excluding hydrogens is 376 g/mol. The fourth-order valence-corrected chi connectivity index (χ4v) is 3.10. The first-order valence-corrected chi connectivity index (χ1v) is 11.8. The summed E-state index contributed by atoms with van der Waals surface area (Å²) in [5, 5.41) is 0. The van der Waals surface area contributed by atoms with Crippen molar-refractivity contribution >= 4 is 11.9 Å². The topological polar surface area (TPSA) is 52.6 Å². The number of esters is 2. The van der Waals surface area contributed by atoms with E-state index in [1.54, 1.807) is 0 Å². The third kappa shape index (κ3) is 17.0. The van der Waals surface area contributed by atoms with Crippen molar-refractivity contribution in [2.24, 2.45) is 11.8 Å². The number of hydrogen-bond acceptors (Lipinski definition) is 4. The summed E-state index contributed by atoms with van der Waals surface area (Å²) >= 11 is 0. The predicted molar refractivity (Wildman–Crippen MR) is 123 cm³/mol. The molecule has 0 aromatic carbocycles. The lowest BCUT2D eigenvalue weighted by Gasteiger charge is -2.14. The van der Waals surface area contributed by atoms with Gasteiger partial charge in [0, 0.05) is 12.8 Å². The summed E-state index contributed by atoms with van der Waals surface area (Å²) in [7, 11) is 0. The predicted octanol–water partition coefficient (Wildman–Crippen LogP) is 6.07. The van der Waals surface area contributed by atoms with Gasteiger partial charge in [-0.1, -0.05) is 71.6 Å². The Morgan fingerprint density at radius 1 is 0.800 bits per heavy atom. The average Bonchev–Trinajstić information content (AvgIpc) is 2.75. The molecule has 4 nitrogen and oxygen atoms in total. The van der Waals surface area contributed by atoms with Gasteiger partial charge in [0.25, 0.3) is 0 Å². The van der Waals surface area contributed by atoms with Crippen LogP contribution in [0.3, 0.4) is 0 Å². The van der Waals surface area contributed by atoms with Gasteiger partial charge >= 0.3 is 11.9 Å². The Bertz CT molecular complexity index is 550. The quantitative estimate of drug-likeness (QED) is 0.154. The molecule has 0 saturated carbocycles. The maximum absolute atomic E-state index is 11.8. The number of carbonyl (C=O) groups excluding carboxylic acids is 2. The summed E-state index contributed by atoms with van der Waals surface area (Å²) in [5.74, 6) is 8.06. The minimum absolute atomic E-state index is 0.0147. The summed E-state index contributed by atoms with van der Waals surface area (Å²) in [6.07, 6.45) is 17.4. The van der Waals surface area contributed by atoms with Gasteiger partial charge in [-0.15, -0.1) is 6.42 Å². The Labute approximate surface area is 184 Å². The Morgan fingerprint density at radius 2 is 1.37 bits per heavy atom. The molecule has 0 fully saturated rings. The van der Waals surface area contributed by atoms with E-state index in [9.17, 15) is 9.59 Å². The third-order valence-corrected chi connectivity index (χ3v) is 5.32. The van der Waals surface area contributed by atoms with E-state index in [1.807, 2.05) is 6.92 Å². The Morgan fingerprint density at radius 3 is 1.87 bits per heavy atom. The van der Waals surface area contributed by atoms with Gasteiger partial charge in [-0.3, -0.25) is 9.59 Å². The van der Waals surface area contributed by atoms with Crippen molar-refractivity contribution < 1.29 is 19.1 Å². The Balaban J connectivity index is 3.61. The number of carbonyl (C=O) groups is 2. The molecule has 0 radical (unpaired) electrons. The fraction of sp³-hybridized carbons (Fsp3) is 0.769. The fourth-order valence-electron chi connectivity index (χ4n) is 3.10. The van der Waals surface area contributed by atoms with Gasteiger partial charge in [-0.05, 0) is 43.4 Å². The maximum atomic E-state index is 11.8. The lowest BCUT2D eigenvalue weighted by molar-refractivity contribution is -0.146. The molecule has 0 bridgehead atoms. The SMILES string of the molecule is C#CC#CC(CC)COC(=O)CCCCCCCCC(=O)OCC(CC)CCCC. The maximum Gasteiger partial charge on any atom is 0.305 e. The molecule has 0 aromatic rings. The first-order chi connectivity index (χ1) is 14.6. The second-order valence-corrected chi connectivity index (χ2v) is 7.92. The van der Waals surface area contributed by atoms with Crippen molar-refractivity contribution in [3.63, 3.8) is 0 Å². The summed E-state index contributed by atoms with van der Waals surface area (Å²) in [5.41, 5.74) is 0. The number of ether oxygens (including phenoxy) is 2. The number of rotatable bonds is 18. The molecule has 0 heterocycles. The highest BCUT2D eigenvalue weighted by molar-refractivity contribution is 5.69. The Hall–Kier alpha value is -1.94. The van der Waals surface area contributed by atoms with E-state index < -0.39 is 0 Å². The van der Waals surface area contributed by atoms with Crippen molar-refractivity contribution in [2.75, 3.05) is 13.2 Å². The molecular formula is C26H42O4. The molecule has 170 valence electrons. The van der Waals surface area contributed by atoms with E-state index in [-0.39, 0.29) is 17.9 Å². The summed E-state index contributed by atoms with van der Waals surface area (Å²) < 4.78 is 10.7. The van der Waals surface area contributed by atoms with Crippen molar-refractivity contribution in [2.45, 2.75) is 104 Å². The van der Waals surface area contributed by atoms with Crippen LogP contribution in [0.4, 0.5) is 0 Å². The largest absolute Gasteiger partial charge is 0.465 e. The minimum Gasteiger partial charge on any atom is -0.465 e. The van der Waals surface area contributed by atoms with Crippen LogP contribution in [0.2, 0.25) is 0 Å². The summed E-state index contributed by atoms with van der Waals surface area (Å²) in [4.78, 5) is 23.6. The van der Waals surface area contributed by atoms with Crippen LogP contribution < -0.4 is 0 Å². The van der Waals surface area contributed by atoms with E-state index in [1.165, 1.54) is 12.8 Å². The first kappa shape index (κ1) is 28.1. The van der Waals surface area contributed by atoms with E-state index in [2.05, 4.69) is 31.6 Å². The van der Waals surface area contributed by atoms with E-state index in [4.69, 9.17) is 15.9 Å².